The number of nitrogens with zero attached hydrogens (tertiary/aromatic N) is 2. The van der Waals surface area contributed by atoms with Crippen LogP contribution in [0.3, 0.4) is 0 Å². The van der Waals surface area contributed by atoms with Crippen molar-refractivity contribution in [1.29, 1.82) is 0 Å². The van der Waals surface area contributed by atoms with E-state index < -0.39 is 5.97 Å². The fraction of sp³-hybridized carbons (Fsp3) is 0.640. The van der Waals surface area contributed by atoms with Crippen LogP contribution in [0, 0.1) is 17.8 Å². The number of piperidine rings is 1. The highest BCUT2D eigenvalue weighted by Gasteiger charge is 2.36. The number of carboxylic acid groups (broad SMARTS) is 1. The smallest absolute Gasteiger partial charge is 0.303 e. The van der Waals surface area contributed by atoms with Gasteiger partial charge in [0, 0.05) is 43.2 Å². The molecule has 2 heterocycles. The lowest BCUT2D eigenvalue weighted by molar-refractivity contribution is -0.141. The Labute approximate surface area is 189 Å². The summed E-state index contributed by atoms with van der Waals surface area (Å²) in [5, 5.41) is 9.48. The molecule has 32 heavy (non-hydrogen) atoms. The van der Waals surface area contributed by atoms with E-state index in [9.17, 15) is 14.7 Å². The number of fused-ring (bicyclic) bond motifs is 1. The van der Waals surface area contributed by atoms with Crippen LogP contribution in [-0.4, -0.2) is 61.4 Å². The summed E-state index contributed by atoms with van der Waals surface area (Å²) in [6, 6.07) is 4.01. The van der Waals surface area contributed by atoms with Crippen molar-refractivity contribution < 1.29 is 24.2 Å². The van der Waals surface area contributed by atoms with Crippen LogP contribution >= 0.6 is 0 Å². The highest BCUT2D eigenvalue weighted by atomic mass is 16.5. The molecule has 1 aromatic rings. The van der Waals surface area contributed by atoms with Crippen LogP contribution in [0.15, 0.2) is 17.1 Å². The van der Waals surface area contributed by atoms with Gasteiger partial charge in [0.25, 0.3) is 0 Å². The molecular weight excluding hydrogens is 408 g/mol. The SMILES string of the molecule is COc1cc2c(cc1OC)C(CC1CN(C(=O)C3CCCC3)CCC1CC(=O)O)=NCC2. The molecule has 4 rings (SSSR count). The fourth-order valence-corrected chi connectivity index (χ4v) is 5.65. The Morgan fingerprint density at radius 2 is 1.81 bits per heavy atom. The first-order valence-electron chi connectivity index (χ1n) is 11.8. The molecule has 0 aromatic heterocycles. The van der Waals surface area contributed by atoms with E-state index >= 15 is 0 Å². The Hall–Kier alpha value is -2.57. The first-order valence-corrected chi connectivity index (χ1v) is 11.8. The van der Waals surface area contributed by atoms with Gasteiger partial charge in [0.05, 0.1) is 14.2 Å². The number of amides is 1. The van der Waals surface area contributed by atoms with Crippen LogP contribution in [0.2, 0.25) is 0 Å². The number of aliphatic imine (C=N–C) groups is 1. The molecule has 3 aliphatic rings. The predicted octanol–water partition coefficient (Wildman–Crippen LogP) is 3.57. The van der Waals surface area contributed by atoms with Crippen LogP contribution < -0.4 is 9.47 Å². The van der Waals surface area contributed by atoms with Crippen molar-refractivity contribution >= 4 is 17.6 Å². The Balaban J connectivity index is 1.56. The van der Waals surface area contributed by atoms with Gasteiger partial charge in [0.15, 0.2) is 11.5 Å². The lowest BCUT2D eigenvalue weighted by Crippen LogP contribution is -2.46. The van der Waals surface area contributed by atoms with E-state index in [-0.39, 0.29) is 30.1 Å². The van der Waals surface area contributed by atoms with Crippen molar-refractivity contribution in [1.82, 2.24) is 4.90 Å². The van der Waals surface area contributed by atoms with Crippen molar-refractivity contribution in [2.75, 3.05) is 33.9 Å². The number of hydrogen-bond acceptors (Lipinski definition) is 5. The van der Waals surface area contributed by atoms with E-state index in [1.165, 1.54) is 5.56 Å². The molecule has 1 aromatic carbocycles. The van der Waals surface area contributed by atoms with E-state index in [1.54, 1.807) is 14.2 Å². The Morgan fingerprint density at radius 1 is 1.09 bits per heavy atom. The zero-order valence-corrected chi connectivity index (χ0v) is 19.1. The monoisotopic (exact) mass is 442 g/mol. The zero-order valence-electron chi connectivity index (χ0n) is 19.1. The summed E-state index contributed by atoms with van der Waals surface area (Å²) in [7, 11) is 3.26. The molecular formula is C25H34N2O5. The molecule has 7 heteroatoms. The topological polar surface area (TPSA) is 88.4 Å². The average Bonchev–Trinajstić information content (AvgIpc) is 3.33. The van der Waals surface area contributed by atoms with E-state index in [4.69, 9.17) is 14.5 Å². The number of ether oxygens (including phenoxy) is 2. The van der Waals surface area contributed by atoms with Crippen molar-refractivity contribution in [3.05, 3.63) is 23.3 Å². The number of rotatable bonds is 7. The summed E-state index contributed by atoms with van der Waals surface area (Å²) in [5.41, 5.74) is 3.22. The van der Waals surface area contributed by atoms with Gasteiger partial charge in [-0.05, 0) is 61.6 Å². The summed E-state index contributed by atoms with van der Waals surface area (Å²) in [5.74, 6) is 1.16. The van der Waals surface area contributed by atoms with Gasteiger partial charge in [-0.3, -0.25) is 14.6 Å². The standard InChI is InChI=1S/C25H34N2O5/c1-31-22-12-18-7-9-26-21(20(18)14-23(22)32-2)11-19-15-27(10-8-17(19)13-24(28)29)25(30)16-5-3-4-6-16/h12,14,16-17,19H,3-11,13,15H2,1-2H3,(H,28,29). The van der Waals surface area contributed by atoms with Crippen LogP contribution in [0.5, 0.6) is 11.5 Å². The molecule has 2 fully saturated rings. The van der Waals surface area contributed by atoms with Gasteiger partial charge in [-0.1, -0.05) is 12.8 Å². The summed E-state index contributed by atoms with van der Waals surface area (Å²) < 4.78 is 11.0. The first-order chi connectivity index (χ1) is 15.5. The molecule has 0 radical (unpaired) electrons. The maximum absolute atomic E-state index is 13.1. The summed E-state index contributed by atoms with van der Waals surface area (Å²) in [6.45, 7) is 1.99. The largest absolute Gasteiger partial charge is 0.493 e. The fourth-order valence-electron chi connectivity index (χ4n) is 5.65. The molecule has 1 amide bonds. The summed E-state index contributed by atoms with van der Waals surface area (Å²) in [6.07, 6.45) is 6.64. The van der Waals surface area contributed by atoms with E-state index in [0.29, 0.717) is 37.6 Å². The second kappa shape index (κ2) is 9.92. The lowest BCUT2D eigenvalue weighted by Gasteiger charge is -2.39. The quantitative estimate of drug-likeness (QED) is 0.697. The van der Waals surface area contributed by atoms with Crippen LogP contribution in [0.1, 0.15) is 56.1 Å². The molecule has 1 aliphatic carbocycles. The molecule has 2 unspecified atom stereocenters. The first kappa shape index (κ1) is 22.6. The minimum absolute atomic E-state index is 0.0494. The number of methoxy groups -OCH3 is 2. The third kappa shape index (κ3) is 4.76. The second-order valence-corrected chi connectivity index (χ2v) is 9.32. The number of benzene rings is 1. The average molecular weight is 443 g/mol. The van der Waals surface area contributed by atoms with Gasteiger partial charge in [0.1, 0.15) is 0 Å². The molecule has 1 saturated heterocycles. The third-order valence-electron chi connectivity index (χ3n) is 7.40. The van der Waals surface area contributed by atoms with Crippen LogP contribution in [0.4, 0.5) is 0 Å². The van der Waals surface area contributed by atoms with Crippen molar-refractivity contribution in [2.24, 2.45) is 22.7 Å². The molecule has 2 aliphatic heterocycles. The van der Waals surface area contributed by atoms with Gasteiger partial charge in [-0.2, -0.15) is 0 Å². The molecule has 7 nitrogen and oxygen atoms in total. The third-order valence-corrected chi connectivity index (χ3v) is 7.40. The van der Waals surface area contributed by atoms with E-state index in [1.807, 2.05) is 17.0 Å². The molecule has 174 valence electrons. The maximum Gasteiger partial charge on any atom is 0.303 e. The number of carbonyl (C=O) groups is 2. The maximum atomic E-state index is 13.1. The number of aliphatic carboxylic acids is 1. The number of likely N-dealkylation sites (tertiary alicyclic amines) is 1. The number of hydrogen-bond donors (Lipinski definition) is 1. The lowest BCUT2D eigenvalue weighted by atomic mass is 9.78. The van der Waals surface area contributed by atoms with Gasteiger partial charge >= 0.3 is 5.97 Å². The van der Waals surface area contributed by atoms with Gasteiger partial charge < -0.3 is 19.5 Å². The van der Waals surface area contributed by atoms with Crippen molar-refractivity contribution in [2.45, 2.75) is 51.4 Å². The van der Waals surface area contributed by atoms with Crippen molar-refractivity contribution in [3.8, 4) is 11.5 Å². The van der Waals surface area contributed by atoms with E-state index in [2.05, 4.69) is 0 Å². The van der Waals surface area contributed by atoms with Crippen LogP contribution in [0.25, 0.3) is 0 Å². The Morgan fingerprint density at radius 3 is 2.50 bits per heavy atom. The molecule has 1 N–H and O–H groups in total. The highest BCUT2D eigenvalue weighted by Crippen LogP contribution is 2.37. The number of carboxylic acids is 1. The predicted molar refractivity (Wildman–Crippen MR) is 122 cm³/mol. The van der Waals surface area contributed by atoms with Crippen LogP contribution in [-0.2, 0) is 16.0 Å². The Bertz CT molecular complexity index is 891. The second-order valence-electron chi connectivity index (χ2n) is 9.32. The molecule has 0 spiro atoms. The summed E-state index contributed by atoms with van der Waals surface area (Å²) >= 11 is 0. The molecule has 2 atom stereocenters. The molecule has 1 saturated carbocycles. The normalized spacial score (nSPS) is 23.4. The highest BCUT2D eigenvalue weighted by molar-refractivity contribution is 6.03. The van der Waals surface area contributed by atoms with Gasteiger partial charge in [-0.15, -0.1) is 0 Å². The van der Waals surface area contributed by atoms with E-state index in [0.717, 1.165) is 49.8 Å². The van der Waals surface area contributed by atoms with Gasteiger partial charge in [-0.25, -0.2) is 0 Å². The molecule has 0 bridgehead atoms. The van der Waals surface area contributed by atoms with Crippen molar-refractivity contribution in [3.63, 3.8) is 0 Å². The minimum Gasteiger partial charge on any atom is -0.493 e. The van der Waals surface area contributed by atoms with Gasteiger partial charge in [0.2, 0.25) is 5.91 Å². The summed E-state index contributed by atoms with van der Waals surface area (Å²) in [4.78, 5) is 31.4. The minimum atomic E-state index is -0.770. The number of carbonyl (C=O) groups excluding carboxylic acids is 1. The zero-order chi connectivity index (χ0) is 22.7. The Kier molecular flexibility index (Phi) is 7.01.